The molecule has 0 aliphatic rings. The van der Waals surface area contributed by atoms with Crippen molar-refractivity contribution in [2.45, 2.75) is 143 Å². The Morgan fingerprint density at radius 2 is 0.594 bits per heavy atom. The van der Waals surface area contributed by atoms with E-state index in [1.165, 1.54) is 59.7 Å². The van der Waals surface area contributed by atoms with Crippen molar-refractivity contribution in [1.29, 1.82) is 0 Å². The molecule has 0 amide bonds. The Kier molecular flexibility index (Phi) is 33.8. The highest BCUT2D eigenvalue weighted by Gasteiger charge is 2.27. The van der Waals surface area contributed by atoms with Crippen molar-refractivity contribution >= 4 is 46.4 Å². The minimum absolute atomic E-state index is 0.0890. The van der Waals surface area contributed by atoms with Crippen LogP contribution in [0.15, 0.2) is 219 Å². The van der Waals surface area contributed by atoms with Crippen molar-refractivity contribution in [2.75, 3.05) is 115 Å². The molecule has 0 saturated heterocycles. The summed E-state index contributed by atoms with van der Waals surface area (Å²) in [4.78, 5) is 65.7. The largest absolute Gasteiger partial charge is 0.383 e. The van der Waals surface area contributed by atoms with E-state index in [4.69, 9.17) is 51.0 Å². The van der Waals surface area contributed by atoms with Gasteiger partial charge in [0, 0.05) is 151 Å². The number of likely N-dealkylation sites (N-methyl/N-ethyl adjacent to an activating group) is 1. The number of pyridine rings is 4. The number of methoxy groups -OCH3 is 1. The van der Waals surface area contributed by atoms with Crippen LogP contribution in [0.5, 0.6) is 0 Å². The third-order valence-electron chi connectivity index (χ3n) is 22.5. The van der Waals surface area contributed by atoms with E-state index in [2.05, 4.69) is 249 Å². The molecule has 25 nitrogen and oxygen atoms in total. The van der Waals surface area contributed by atoms with E-state index < -0.39 is 0 Å². The number of ether oxygens (including phenoxy) is 1. The number of aromatic nitrogens is 16. The number of nitrogens with one attached hydrogen (secondary N) is 4. The highest BCUT2D eigenvalue weighted by molar-refractivity contribution is 5.85. The zero-order valence-electron chi connectivity index (χ0n) is 83.0. The zero-order valence-corrected chi connectivity index (χ0v) is 83.0. The molecule has 16 aromatic rings. The van der Waals surface area contributed by atoms with Gasteiger partial charge in [-0.2, -0.15) is 0 Å². The third kappa shape index (κ3) is 28.0. The Bertz CT molecular complexity index is 6760. The monoisotopic (exact) mass is 1870 g/mol. The van der Waals surface area contributed by atoms with E-state index in [9.17, 15) is 17.6 Å². The molecule has 138 heavy (non-hydrogen) atoms. The zero-order chi connectivity index (χ0) is 98.6. The lowest BCUT2D eigenvalue weighted by molar-refractivity contribution is 0.158. The number of nitrogens with zero attached hydrogens (tertiary/aromatic N) is 20. The molecule has 0 aliphatic carbocycles. The first-order valence-electron chi connectivity index (χ1n) is 47.0. The fraction of sp³-hybridized carbons (Fsp3) is 0.358. The van der Waals surface area contributed by atoms with Crippen LogP contribution in [0.1, 0.15) is 139 Å². The van der Waals surface area contributed by atoms with Crippen LogP contribution in [-0.2, 0) is 30.9 Å². The molecule has 4 N–H and O–H groups in total. The number of imidazole rings is 4. The van der Waals surface area contributed by atoms with Crippen LogP contribution in [0.2, 0.25) is 0 Å². The van der Waals surface area contributed by atoms with Gasteiger partial charge >= 0.3 is 0 Å². The predicted molar refractivity (Wildman–Crippen MR) is 549 cm³/mol. The van der Waals surface area contributed by atoms with E-state index in [-0.39, 0.29) is 44.9 Å². The number of rotatable bonds is 33. The summed E-state index contributed by atoms with van der Waals surface area (Å²) in [6, 6.07) is 50.0. The third-order valence-corrected chi connectivity index (χ3v) is 22.5. The summed E-state index contributed by atoms with van der Waals surface area (Å²) in [5.74, 6) is 3.85. The fourth-order valence-corrected chi connectivity index (χ4v) is 15.4. The van der Waals surface area contributed by atoms with Crippen molar-refractivity contribution in [3.05, 3.63) is 265 Å². The molecule has 0 saturated carbocycles. The number of fused-ring (bicyclic) bond motifs is 4. The Labute approximate surface area is 808 Å². The molecule has 720 valence electrons. The first-order chi connectivity index (χ1) is 66.0. The molecule has 16 rings (SSSR count). The number of terminal acetylenes is 1. The normalized spacial score (nSPS) is 11.9. The van der Waals surface area contributed by atoms with E-state index in [0.717, 1.165) is 216 Å². The molecular weight excluding hydrogens is 1740 g/mol. The van der Waals surface area contributed by atoms with Gasteiger partial charge in [0.25, 0.3) is 0 Å². The van der Waals surface area contributed by atoms with Crippen LogP contribution in [-0.4, -0.2) is 191 Å². The SMILES string of the molecule is C#CCCN(C)Cc1ccn2c(-c3ccnc(NCC(C)(C)C)n3)c(-c3ccc(F)cc3)nc2c1.CCCN(C)Cc1ccn2c(-c3ccnc(NCC(C)(C)C)n3)c(-c3ccc(F)cc3)nc2c1.CCN(CC)Cc1ccn2c(-c3ccnc(NCC(C)(C)C)n3)c(-c3ccc(F)cc3)nc2c1.COCCN(C)Cc1ccn2c(-c3ccnc(NCC(C)(C)C)n3)c(-c3ccc(F)cc3)nc2c1. The van der Waals surface area contributed by atoms with Crippen LogP contribution >= 0.6 is 0 Å². The van der Waals surface area contributed by atoms with Crippen LogP contribution in [0, 0.1) is 57.3 Å². The van der Waals surface area contributed by atoms with Gasteiger partial charge in [-0.05, 0) is 261 Å². The lowest BCUT2D eigenvalue weighted by atomic mass is 9.97. The minimum Gasteiger partial charge on any atom is -0.383 e. The lowest BCUT2D eigenvalue weighted by Crippen LogP contribution is -2.22. The number of benzene rings is 4. The maximum absolute atomic E-state index is 13.7. The van der Waals surface area contributed by atoms with Gasteiger partial charge in [0.1, 0.15) is 45.9 Å². The molecule has 0 aliphatic heterocycles. The van der Waals surface area contributed by atoms with Crippen LogP contribution in [0.25, 0.3) is 113 Å². The minimum atomic E-state index is -0.285. The molecule has 0 unspecified atom stereocenters. The molecule has 0 bridgehead atoms. The summed E-state index contributed by atoms with van der Waals surface area (Å²) >= 11 is 0. The summed E-state index contributed by atoms with van der Waals surface area (Å²) in [6.07, 6.45) is 22.4. The van der Waals surface area contributed by atoms with E-state index in [0.29, 0.717) is 36.8 Å². The number of hydrogen-bond donors (Lipinski definition) is 4. The van der Waals surface area contributed by atoms with Gasteiger partial charge in [0.15, 0.2) is 0 Å². The summed E-state index contributed by atoms with van der Waals surface area (Å²) in [6.45, 7) is 44.1. The predicted octanol–water partition coefficient (Wildman–Crippen LogP) is 22.4. The molecule has 0 atom stereocenters. The smallest absolute Gasteiger partial charge is 0.223 e. The molecule has 4 aromatic carbocycles. The highest BCUT2D eigenvalue weighted by atomic mass is 19.1. The topological polar surface area (TPSA) is 243 Å². The first kappa shape index (κ1) is 102. The second-order valence-electron chi connectivity index (χ2n) is 39.7. The first-order valence-corrected chi connectivity index (χ1v) is 47.0. The molecule has 0 radical (unpaired) electrons. The second-order valence-corrected chi connectivity index (χ2v) is 39.7. The van der Waals surface area contributed by atoms with Crippen molar-refractivity contribution in [3.8, 4) is 103 Å². The van der Waals surface area contributed by atoms with Crippen molar-refractivity contribution in [1.82, 2.24) is 97.0 Å². The molecule has 29 heteroatoms. The molecule has 0 spiro atoms. The van der Waals surface area contributed by atoms with Crippen LogP contribution < -0.4 is 21.3 Å². The van der Waals surface area contributed by atoms with Crippen molar-refractivity contribution < 1.29 is 22.3 Å². The highest BCUT2D eigenvalue weighted by Crippen LogP contribution is 2.39. The lowest BCUT2D eigenvalue weighted by Gasteiger charge is -2.19. The molecule has 12 aromatic heterocycles. The summed E-state index contributed by atoms with van der Waals surface area (Å²) in [5, 5.41) is 13.3. The van der Waals surface area contributed by atoms with Gasteiger partial charge in [-0.1, -0.05) is 104 Å². The van der Waals surface area contributed by atoms with Gasteiger partial charge in [-0.25, -0.2) is 77.4 Å². The average molecular weight is 1870 g/mol. The molecule has 0 fully saturated rings. The van der Waals surface area contributed by atoms with Gasteiger partial charge in [-0.3, -0.25) is 27.4 Å². The average Bonchev–Trinajstić information content (AvgIpc) is 1.63. The summed E-state index contributed by atoms with van der Waals surface area (Å²) < 4.78 is 68.0. The number of hydrogen-bond acceptors (Lipinski definition) is 21. The van der Waals surface area contributed by atoms with Crippen LogP contribution in [0.4, 0.5) is 41.4 Å². The Balaban J connectivity index is 0.000000155. The molecule has 12 heterocycles. The van der Waals surface area contributed by atoms with E-state index in [1.807, 2.05) is 57.9 Å². The fourth-order valence-electron chi connectivity index (χ4n) is 15.4. The van der Waals surface area contributed by atoms with Gasteiger partial charge in [0.2, 0.25) is 23.8 Å². The maximum Gasteiger partial charge on any atom is 0.223 e. The Hall–Kier alpha value is -13.8. The van der Waals surface area contributed by atoms with E-state index in [1.54, 1.807) is 80.4 Å². The van der Waals surface area contributed by atoms with Crippen molar-refractivity contribution in [2.24, 2.45) is 21.7 Å². The summed E-state index contributed by atoms with van der Waals surface area (Å²) in [7, 11) is 7.95. The number of anilines is 4. The van der Waals surface area contributed by atoms with Gasteiger partial charge < -0.3 is 35.8 Å². The van der Waals surface area contributed by atoms with Gasteiger partial charge in [-0.15, -0.1) is 12.3 Å². The Morgan fingerprint density at radius 1 is 0.341 bits per heavy atom. The number of halogens is 4. The van der Waals surface area contributed by atoms with Crippen LogP contribution in [0.3, 0.4) is 0 Å². The van der Waals surface area contributed by atoms with Crippen molar-refractivity contribution in [3.63, 3.8) is 0 Å². The quantitative estimate of drug-likeness (QED) is 0.0221. The molecular formula is C109H130F4N24O. The standard InChI is InChI=1S/C28H31FN6.C27H33FN6O.2C27H33FN6/c1-6-7-15-34(5)18-20-13-16-35-24(17-20)33-25(21-8-10-22(29)11-9-21)26(35)23-12-14-30-27(32-23)31-19-28(2,3)4;1-27(2,3)18-30-26-29-12-10-22(31-26)25-24(20-6-8-21(28)9-7-20)32-23-16-19(11-13-34(23)25)17-33(4)14-15-35-5;1-6-14-33(5)17-19-12-15-34-23(16-19)32-24(20-7-9-21(28)10-8-20)25(34)22-11-13-29-26(31-22)30-18-27(2,3)4;1-6-33(7-2)17-19-13-15-34-23(16-19)32-24(20-8-10-21(28)11-9-20)25(34)22-12-14-29-26(31-22)30-18-27(3,4)5/h1,8-14,16-17H,7,15,18-19H2,2-5H3,(H,30,31,32);6-13,16H,14-15,17-18H2,1-5H3,(H,29,30,31);7-13,15-16H,6,14,17-18H2,1-5H3,(H,29,30,31);8-16H,6-7,17-18H2,1-5H3,(H,29,30,31). The van der Waals surface area contributed by atoms with Gasteiger partial charge in [0.05, 0.1) is 74.9 Å². The summed E-state index contributed by atoms with van der Waals surface area (Å²) in [5.41, 5.74) is 21.1. The second kappa shape index (κ2) is 45.9. The Morgan fingerprint density at radius 3 is 0.833 bits per heavy atom. The maximum atomic E-state index is 13.7. The van der Waals surface area contributed by atoms with E-state index >= 15 is 0 Å².